The number of rotatable bonds is 0. The summed E-state index contributed by atoms with van der Waals surface area (Å²) in [7, 11) is 0. The van der Waals surface area contributed by atoms with E-state index in [1.165, 1.54) is 19.3 Å². The van der Waals surface area contributed by atoms with E-state index in [9.17, 15) is 0 Å². The summed E-state index contributed by atoms with van der Waals surface area (Å²) >= 11 is 0. The smallest absolute Gasteiger partial charge is 0.0354 e. The Bertz CT molecular complexity index is 108. The van der Waals surface area contributed by atoms with Gasteiger partial charge in [0.15, 0.2) is 0 Å². The first-order chi connectivity index (χ1) is 5.50. The zero-order valence-corrected chi connectivity index (χ0v) is 9.78. The van der Waals surface area contributed by atoms with Crippen LogP contribution in [0.3, 0.4) is 0 Å². The number of hydrogen-bond acceptors (Lipinski definition) is 0. The second-order valence-electron chi connectivity index (χ2n) is 4.98. The van der Waals surface area contributed by atoms with Crippen molar-refractivity contribution in [3.05, 3.63) is 0 Å². The molecule has 0 aromatic heterocycles. The molecule has 0 saturated heterocycles. The monoisotopic (exact) mass is 170 g/mol. The molecule has 0 amide bonds. The van der Waals surface area contributed by atoms with Gasteiger partial charge in [-0.05, 0) is 30.1 Å². The van der Waals surface area contributed by atoms with Gasteiger partial charge in [-0.2, -0.15) is 0 Å². The minimum Gasteiger partial charge on any atom is -0.0683 e. The lowest BCUT2D eigenvalue weighted by molar-refractivity contribution is 0.240. The molecule has 1 saturated carbocycles. The normalized spacial score (nSPS) is 29.5. The summed E-state index contributed by atoms with van der Waals surface area (Å²) in [6.07, 6.45) is 4.39. The summed E-state index contributed by atoms with van der Waals surface area (Å²) in [4.78, 5) is 0. The summed E-state index contributed by atoms with van der Waals surface area (Å²) in [6.45, 7) is 13.5. The summed E-state index contributed by atoms with van der Waals surface area (Å²) in [5.74, 6) is 1.98. The Morgan fingerprint density at radius 3 is 1.67 bits per heavy atom. The molecule has 0 aliphatic heterocycles. The minimum absolute atomic E-state index is 0.560. The zero-order valence-electron chi connectivity index (χ0n) is 9.78. The van der Waals surface area contributed by atoms with Crippen molar-refractivity contribution in [3.63, 3.8) is 0 Å². The summed E-state index contributed by atoms with van der Waals surface area (Å²) in [5, 5.41) is 0. The van der Waals surface area contributed by atoms with Crippen LogP contribution in [0.2, 0.25) is 0 Å². The summed E-state index contributed by atoms with van der Waals surface area (Å²) < 4.78 is 0. The Morgan fingerprint density at radius 1 is 1.00 bits per heavy atom. The van der Waals surface area contributed by atoms with E-state index in [0.717, 1.165) is 11.8 Å². The van der Waals surface area contributed by atoms with Gasteiger partial charge in [-0.15, -0.1) is 0 Å². The molecule has 1 aliphatic carbocycles. The second-order valence-corrected chi connectivity index (χ2v) is 4.98. The molecule has 0 aromatic rings. The van der Waals surface area contributed by atoms with E-state index in [2.05, 4.69) is 27.7 Å². The third-order valence-electron chi connectivity index (χ3n) is 2.92. The average molecular weight is 170 g/mol. The van der Waals surface area contributed by atoms with Crippen molar-refractivity contribution in [2.75, 3.05) is 0 Å². The van der Waals surface area contributed by atoms with E-state index in [4.69, 9.17) is 0 Å². The minimum atomic E-state index is 0.560. The Hall–Kier alpha value is 0. The van der Waals surface area contributed by atoms with Crippen LogP contribution < -0.4 is 0 Å². The SMILES string of the molecule is CC.CC1CCC(C(C)(C)C)C1. The molecule has 0 aromatic carbocycles. The van der Waals surface area contributed by atoms with Crippen molar-refractivity contribution >= 4 is 0 Å². The van der Waals surface area contributed by atoms with Gasteiger partial charge in [-0.1, -0.05) is 48.0 Å². The zero-order chi connectivity index (χ0) is 9.78. The molecule has 0 heteroatoms. The average Bonchev–Trinajstić information content (AvgIpc) is 2.39. The van der Waals surface area contributed by atoms with E-state index >= 15 is 0 Å². The lowest BCUT2D eigenvalue weighted by atomic mass is 9.79. The molecule has 0 bridgehead atoms. The first kappa shape index (κ1) is 12.0. The van der Waals surface area contributed by atoms with Gasteiger partial charge in [0, 0.05) is 0 Å². The van der Waals surface area contributed by atoms with Gasteiger partial charge in [0.05, 0.1) is 0 Å². The van der Waals surface area contributed by atoms with E-state index in [1.54, 1.807) is 0 Å². The van der Waals surface area contributed by atoms with E-state index in [0.29, 0.717) is 5.41 Å². The maximum absolute atomic E-state index is 2.38. The highest BCUT2D eigenvalue weighted by Gasteiger charge is 2.30. The summed E-state index contributed by atoms with van der Waals surface area (Å²) in [6, 6.07) is 0. The molecular formula is C12H26. The molecule has 2 atom stereocenters. The van der Waals surface area contributed by atoms with Gasteiger partial charge in [0.2, 0.25) is 0 Å². The maximum atomic E-state index is 2.38. The van der Waals surface area contributed by atoms with Crippen molar-refractivity contribution in [2.45, 2.75) is 60.8 Å². The van der Waals surface area contributed by atoms with Crippen molar-refractivity contribution in [2.24, 2.45) is 17.3 Å². The van der Waals surface area contributed by atoms with Crippen LogP contribution in [0.15, 0.2) is 0 Å². The standard InChI is InChI=1S/C10H20.C2H6/c1-8-5-6-9(7-8)10(2,3)4;1-2/h8-9H,5-7H2,1-4H3;1-2H3. The lowest BCUT2D eigenvalue weighted by Gasteiger charge is -2.26. The lowest BCUT2D eigenvalue weighted by Crippen LogP contribution is -2.17. The first-order valence-corrected chi connectivity index (χ1v) is 5.50. The molecule has 12 heavy (non-hydrogen) atoms. The van der Waals surface area contributed by atoms with Crippen LogP contribution in [-0.4, -0.2) is 0 Å². The van der Waals surface area contributed by atoms with Crippen molar-refractivity contribution < 1.29 is 0 Å². The molecule has 2 unspecified atom stereocenters. The van der Waals surface area contributed by atoms with Crippen molar-refractivity contribution in [3.8, 4) is 0 Å². The molecular weight excluding hydrogens is 144 g/mol. The molecule has 1 fully saturated rings. The predicted octanol–water partition coefficient (Wildman–Crippen LogP) is 4.49. The Labute approximate surface area is 78.8 Å². The highest BCUT2D eigenvalue weighted by molar-refractivity contribution is 4.81. The Balaban J connectivity index is 0.000000561. The fourth-order valence-electron chi connectivity index (χ4n) is 1.99. The van der Waals surface area contributed by atoms with Gasteiger partial charge in [0.25, 0.3) is 0 Å². The molecule has 74 valence electrons. The van der Waals surface area contributed by atoms with E-state index < -0.39 is 0 Å². The molecule has 0 nitrogen and oxygen atoms in total. The first-order valence-electron chi connectivity index (χ1n) is 5.50. The highest BCUT2D eigenvalue weighted by atomic mass is 14.4. The third-order valence-corrected chi connectivity index (χ3v) is 2.92. The molecule has 0 radical (unpaired) electrons. The van der Waals surface area contributed by atoms with Crippen molar-refractivity contribution in [1.29, 1.82) is 0 Å². The molecule has 0 spiro atoms. The van der Waals surface area contributed by atoms with Crippen LogP contribution in [0, 0.1) is 17.3 Å². The van der Waals surface area contributed by atoms with Crippen LogP contribution in [0.1, 0.15) is 60.8 Å². The van der Waals surface area contributed by atoms with Crippen LogP contribution in [-0.2, 0) is 0 Å². The highest BCUT2D eigenvalue weighted by Crippen LogP contribution is 2.41. The third kappa shape index (κ3) is 3.60. The number of hydrogen-bond donors (Lipinski definition) is 0. The Morgan fingerprint density at radius 2 is 1.50 bits per heavy atom. The maximum Gasteiger partial charge on any atom is -0.0354 e. The van der Waals surface area contributed by atoms with Crippen LogP contribution in [0.4, 0.5) is 0 Å². The quantitative estimate of drug-likeness (QED) is 0.502. The molecule has 1 aliphatic rings. The van der Waals surface area contributed by atoms with Crippen LogP contribution in [0.25, 0.3) is 0 Å². The van der Waals surface area contributed by atoms with Gasteiger partial charge < -0.3 is 0 Å². The van der Waals surface area contributed by atoms with Gasteiger partial charge in [-0.3, -0.25) is 0 Å². The van der Waals surface area contributed by atoms with E-state index in [-0.39, 0.29) is 0 Å². The van der Waals surface area contributed by atoms with Gasteiger partial charge in [-0.25, -0.2) is 0 Å². The Kier molecular flexibility index (Phi) is 4.89. The molecule has 1 rings (SSSR count). The topological polar surface area (TPSA) is 0 Å². The summed E-state index contributed by atoms with van der Waals surface area (Å²) in [5.41, 5.74) is 0.560. The van der Waals surface area contributed by atoms with Crippen LogP contribution in [0.5, 0.6) is 0 Å². The van der Waals surface area contributed by atoms with Gasteiger partial charge in [0.1, 0.15) is 0 Å². The molecule has 0 heterocycles. The van der Waals surface area contributed by atoms with Crippen molar-refractivity contribution in [1.82, 2.24) is 0 Å². The largest absolute Gasteiger partial charge is 0.0683 e. The van der Waals surface area contributed by atoms with E-state index in [1.807, 2.05) is 13.8 Å². The second kappa shape index (κ2) is 4.89. The van der Waals surface area contributed by atoms with Crippen LogP contribution >= 0.6 is 0 Å². The fourth-order valence-corrected chi connectivity index (χ4v) is 1.99. The van der Waals surface area contributed by atoms with Gasteiger partial charge >= 0.3 is 0 Å². The fraction of sp³-hybridized carbons (Fsp3) is 1.00. The predicted molar refractivity (Wildman–Crippen MR) is 57.3 cm³/mol. The molecule has 0 N–H and O–H groups in total.